The Morgan fingerprint density at radius 2 is 1.80 bits per heavy atom. The molecular weight excluding hydrogens is 260 g/mol. The topological polar surface area (TPSA) is 40.9 Å². The maximum absolute atomic E-state index is 13.5. The van der Waals surface area contributed by atoms with Crippen molar-refractivity contribution in [3.63, 3.8) is 0 Å². The third-order valence-corrected chi connectivity index (χ3v) is 2.66. The first-order chi connectivity index (χ1) is 9.61. The van der Waals surface area contributed by atoms with E-state index in [1.54, 1.807) is 36.4 Å². The first-order valence-electron chi connectivity index (χ1n) is 5.78. The number of nitriles is 1. The van der Waals surface area contributed by atoms with Crippen molar-refractivity contribution < 1.29 is 13.6 Å². The van der Waals surface area contributed by atoms with Gasteiger partial charge in [-0.15, -0.1) is 0 Å². The maximum atomic E-state index is 13.5. The zero-order chi connectivity index (χ0) is 14.5. The van der Waals surface area contributed by atoms with Crippen LogP contribution in [0.4, 0.5) is 8.78 Å². The quantitative estimate of drug-likeness (QED) is 0.483. The highest BCUT2D eigenvalue weighted by atomic mass is 19.1. The molecule has 0 fully saturated rings. The molecule has 4 heteroatoms. The molecule has 0 saturated carbocycles. The smallest absolute Gasteiger partial charge is 0.203 e. The van der Waals surface area contributed by atoms with Crippen LogP contribution in [0.5, 0.6) is 0 Å². The summed E-state index contributed by atoms with van der Waals surface area (Å²) in [6.07, 6.45) is 1.12. The molecule has 0 saturated heterocycles. The zero-order valence-electron chi connectivity index (χ0n) is 10.3. The van der Waals surface area contributed by atoms with E-state index in [9.17, 15) is 13.6 Å². The Kier molecular flexibility index (Phi) is 4.02. The van der Waals surface area contributed by atoms with Crippen LogP contribution >= 0.6 is 0 Å². The van der Waals surface area contributed by atoms with Gasteiger partial charge < -0.3 is 0 Å². The van der Waals surface area contributed by atoms with E-state index in [0.717, 1.165) is 12.1 Å². The highest BCUT2D eigenvalue weighted by Gasteiger charge is 2.12. The molecule has 0 bridgehead atoms. The predicted molar refractivity (Wildman–Crippen MR) is 70.7 cm³/mol. The summed E-state index contributed by atoms with van der Waals surface area (Å²) in [6.45, 7) is 0. The summed E-state index contributed by atoms with van der Waals surface area (Å²) in [7, 11) is 0. The van der Waals surface area contributed by atoms with Crippen LogP contribution in [0.25, 0.3) is 6.08 Å². The third kappa shape index (κ3) is 2.96. The number of benzene rings is 2. The summed E-state index contributed by atoms with van der Waals surface area (Å²) in [5.41, 5.74) is 0.122. The lowest BCUT2D eigenvalue weighted by molar-refractivity contribution is 0.104. The van der Waals surface area contributed by atoms with E-state index in [1.165, 1.54) is 6.07 Å². The summed E-state index contributed by atoms with van der Waals surface area (Å²) in [5, 5.41) is 9.03. The van der Waals surface area contributed by atoms with Crippen LogP contribution in [0.3, 0.4) is 0 Å². The molecule has 0 atom stereocenters. The molecule has 0 spiro atoms. The molecule has 20 heavy (non-hydrogen) atoms. The van der Waals surface area contributed by atoms with Gasteiger partial charge in [-0.25, -0.2) is 8.78 Å². The molecule has 0 unspecified atom stereocenters. The second-order valence-corrected chi connectivity index (χ2v) is 4.03. The fourth-order valence-corrected chi connectivity index (χ4v) is 1.67. The second-order valence-electron chi connectivity index (χ2n) is 4.03. The van der Waals surface area contributed by atoms with Crippen LogP contribution < -0.4 is 0 Å². The SMILES string of the molecule is N#C/C(=C\c1ccc(F)cc1F)C(=O)c1ccccc1. The number of allylic oxidation sites excluding steroid dienone is 1. The molecule has 2 aromatic carbocycles. The Labute approximate surface area is 114 Å². The highest BCUT2D eigenvalue weighted by Crippen LogP contribution is 2.16. The molecule has 98 valence electrons. The molecule has 0 amide bonds. The van der Waals surface area contributed by atoms with Gasteiger partial charge in [0.1, 0.15) is 23.3 Å². The van der Waals surface area contributed by atoms with Crippen molar-refractivity contribution in [2.75, 3.05) is 0 Å². The van der Waals surface area contributed by atoms with Crippen molar-refractivity contribution in [1.82, 2.24) is 0 Å². The van der Waals surface area contributed by atoms with Gasteiger partial charge in [-0.3, -0.25) is 4.79 Å². The first kappa shape index (κ1) is 13.6. The number of Topliss-reactive ketones (excluding diaryl/α,β-unsaturated/α-hetero) is 1. The summed E-state index contributed by atoms with van der Waals surface area (Å²) in [6, 6.07) is 12.9. The van der Waals surface area contributed by atoms with E-state index < -0.39 is 17.4 Å². The molecule has 2 rings (SSSR count). The van der Waals surface area contributed by atoms with Gasteiger partial charge in [-0.2, -0.15) is 5.26 Å². The zero-order valence-corrected chi connectivity index (χ0v) is 10.3. The largest absolute Gasteiger partial charge is 0.288 e. The van der Waals surface area contributed by atoms with Crippen LogP contribution in [0.15, 0.2) is 54.1 Å². The molecule has 2 aromatic rings. The van der Waals surface area contributed by atoms with Crippen LogP contribution in [-0.2, 0) is 0 Å². The van der Waals surface area contributed by atoms with Crippen molar-refractivity contribution >= 4 is 11.9 Å². The predicted octanol–water partition coefficient (Wildman–Crippen LogP) is 3.75. The molecule has 0 radical (unpaired) electrons. The molecule has 0 aromatic heterocycles. The average molecular weight is 269 g/mol. The van der Waals surface area contributed by atoms with Crippen LogP contribution in [0.2, 0.25) is 0 Å². The van der Waals surface area contributed by atoms with Gasteiger partial charge in [0, 0.05) is 17.2 Å². The summed E-state index contributed by atoms with van der Waals surface area (Å²) >= 11 is 0. The Morgan fingerprint density at radius 3 is 2.40 bits per heavy atom. The van der Waals surface area contributed by atoms with Gasteiger partial charge in [-0.05, 0) is 18.2 Å². The number of hydrogen-bond donors (Lipinski definition) is 0. The van der Waals surface area contributed by atoms with Crippen molar-refractivity contribution in [1.29, 1.82) is 5.26 Å². The standard InChI is InChI=1S/C16H9F2NO/c17-14-7-6-12(15(18)9-14)8-13(10-19)16(20)11-4-2-1-3-5-11/h1-9H/b13-8+. The summed E-state index contributed by atoms with van der Waals surface area (Å²) in [5.74, 6) is -2.04. The molecule has 0 aliphatic rings. The van der Waals surface area contributed by atoms with E-state index in [4.69, 9.17) is 5.26 Å². The number of rotatable bonds is 3. The van der Waals surface area contributed by atoms with Crippen LogP contribution in [-0.4, -0.2) is 5.78 Å². The number of halogens is 2. The van der Waals surface area contributed by atoms with E-state index >= 15 is 0 Å². The lowest BCUT2D eigenvalue weighted by atomic mass is 10.0. The summed E-state index contributed by atoms with van der Waals surface area (Å²) < 4.78 is 26.3. The van der Waals surface area contributed by atoms with E-state index in [-0.39, 0.29) is 11.1 Å². The van der Waals surface area contributed by atoms with Gasteiger partial charge in [0.05, 0.1) is 0 Å². The monoisotopic (exact) mass is 269 g/mol. The van der Waals surface area contributed by atoms with E-state index in [1.807, 2.05) is 0 Å². The number of ketones is 1. The van der Waals surface area contributed by atoms with Gasteiger partial charge in [0.15, 0.2) is 0 Å². The number of nitrogens with zero attached hydrogens (tertiary/aromatic N) is 1. The van der Waals surface area contributed by atoms with Crippen molar-refractivity contribution in [2.24, 2.45) is 0 Å². The van der Waals surface area contributed by atoms with Gasteiger partial charge >= 0.3 is 0 Å². The minimum Gasteiger partial charge on any atom is -0.288 e. The lowest BCUT2D eigenvalue weighted by Gasteiger charge is -2.01. The molecule has 2 nitrogen and oxygen atoms in total. The van der Waals surface area contributed by atoms with E-state index in [2.05, 4.69) is 0 Å². The summed E-state index contributed by atoms with van der Waals surface area (Å²) in [4.78, 5) is 12.1. The minimum atomic E-state index is -0.821. The number of carbonyl (C=O) groups is 1. The molecule has 0 aliphatic heterocycles. The Morgan fingerprint density at radius 1 is 1.10 bits per heavy atom. The highest BCUT2D eigenvalue weighted by molar-refractivity contribution is 6.14. The van der Waals surface area contributed by atoms with Gasteiger partial charge in [-0.1, -0.05) is 30.3 Å². The molecule has 0 heterocycles. The first-order valence-corrected chi connectivity index (χ1v) is 5.78. The van der Waals surface area contributed by atoms with Gasteiger partial charge in [0.2, 0.25) is 5.78 Å². The minimum absolute atomic E-state index is 0.00719. The number of carbonyl (C=O) groups excluding carboxylic acids is 1. The van der Waals surface area contributed by atoms with Crippen LogP contribution in [0.1, 0.15) is 15.9 Å². The van der Waals surface area contributed by atoms with E-state index in [0.29, 0.717) is 11.6 Å². The molecule has 0 N–H and O–H groups in total. The maximum Gasteiger partial charge on any atom is 0.203 e. The Bertz CT molecular complexity index is 715. The lowest BCUT2D eigenvalue weighted by Crippen LogP contribution is -2.01. The van der Waals surface area contributed by atoms with Crippen molar-refractivity contribution in [3.05, 3.63) is 76.9 Å². The fourth-order valence-electron chi connectivity index (χ4n) is 1.67. The van der Waals surface area contributed by atoms with Crippen molar-refractivity contribution in [3.8, 4) is 6.07 Å². The van der Waals surface area contributed by atoms with Crippen molar-refractivity contribution in [2.45, 2.75) is 0 Å². The Balaban J connectivity index is 2.40. The van der Waals surface area contributed by atoms with Gasteiger partial charge in [0.25, 0.3) is 0 Å². The van der Waals surface area contributed by atoms with Crippen LogP contribution in [0, 0.1) is 23.0 Å². The molecular formula is C16H9F2NO. The Hall–Kier alpha value is -2.80. The normalized spacial score (nSPS) is 10.9. The second kappa shape index (κ2) is 5.89. The fraction of sp³-hybridized carbons (Fsp3) is 0. The number of hydrogen-bond acceptors (Lipinski definition) is 2. The molecule has 0 aliphatic carbocycles. The average Bonchev–Trinajstić information content (AvgIpc) is 2.47. The third-order valence-electron chi connectivity index (χ3n) is 2.66.